The van der Waals surface area contributed by atoms with E-state index in [4.69, 9.17) is 34.8 Å². The molecule has 2 aromatic heterocycles. The molecule has 0 atom stereocenters. The summed E-state index contributed by atoms with van der Waals surface area (Å²) < 4.78 is 53.7. The predicted octanol–water partition coefficient (Wildman–Crippen LogP) is 8.37. The Morgan fingerprint density at radius 3 is 1.78 bits per heavy atom. The molecule has 0 aliphatic carbocycles. The molecule has 1 saturated heterocycles. The number of hydrogen-bond donors (Lipinski definition) is 0. The van der Waals surface area contributed by atoms with Gasteiger partial charge in [0.25, 0.3) is 0 Å². The molecule has 194 valence electrons. The summed E-state index contributed by atoms with van der Waals surface area (Å²) >= 11 is 17.9. The molecule has 2 aromatic carbocycles. The number of fused-ring (bicyclic) bond motifs is 2. The van der Waals surface area contributed by atoms with E-state index in [9.17, 15) is 22.4 Å². The van der Waals surface area contributed by atoms with Crippen molar-refractivity contribution in [3.8, 4) is 0 Å². The van der Waals surface area contributed by atoms with Gasteiger partial charge in [-0.2, -0.15) is 0 Å². The van der Waals surface area contributed by atoms with E-state index in [1.165, 1.54) is 0 Å². The van der Waals surface area contributed by atoms with Crippen LogP contribution in [-0.4, -0.2) is 22.4 Å². The van der Waals surface area contributed by atoms with Crippen LogP contribution in [0.15, 0.2) is 24.3 Å². The minimum atomic E-state index is -0.754. The van der Waals surface area contributed by atoms with Crippen LogP contribution in [-0.2, 0) is 4.79 Å². The minimum Gasteiger partial charge on any atom is -0.296 e. The smallest absolute Gasteiger partial charge is 0.233 e. The highest BCUT2D eigenvalue weighted by atomic mass is 35.5. The summed E-state index contributed by atoms with van der Waals surface area (Å²) in [4.78, 5) is 22.2. The van der Waals surface area contributed by atoms with Gasteiger partial charge in [-0.3, -0.25) is 9.69 Å². The van der Waals surface area contributed by atoms with E-state index in [2.05, 4.69) is 9.97 Å². The van der Waals surface area contributed by atoms with E-state index in [0.717, 1.165) is 24.3 Å². The molecule has 0 radical (unpaired) electrons. The molecule has 1 aliphatic heterocycles. The van der Waals surface area contributed by atoms with Crippen LogP contribution in [0.1, 0.15) is 31.4 Å². The Kier molecular flexibility index (Phi) is 7.31. The van der Waals surface area contributed by atoms with E-state index in [1.54, 1.807) is 18.7 Å². The molecule has 1 amide bonds. The molecule has 11 heteroatoms. The van der Waals surface area contributed by atoms with Crippen molar-refractivity contribution >= 4 is 68.3 Å². The first kappa shape index (κ1) is 27.4. The predicted molar refractivity (Wildman–Crippen MR) is 139 cm³/mol. The van der Waals surface area contributed by atoms with Crippen molar-refractivity contribution in [2.45, 2.75) is 34.1 Å². The lowest BCUT2D eigenvalue weighted by Crippen LogP contribution is -2.32. The van der Waals surface area contributed by atoms with Crippen molar-refractivity contribution in [2.75, 3.05) is 11.4 Å². The van der Waals surface area contributed by atoms with E-state index in [0.29, 0.717) is 29.9 Å². The molecule has 1 fully saturated rings. The number of amides is 1. The second-order valence-corrected chi connectivity index (χ2v) is 10.5. The highest BCUT2D eigenvalue weighted by Gasteiger charge is 2.40. The van der Waals surface area contributed by atoms with E-state index in [-0.39, 0.29) is 42.9 Å². The topological polar surface area (TPSA) is 46.1 Å². The van der Waals surface area contributed by atoms with E-state index in [1.807, 2.05) is 13.8 Å². The van der Waals surface area contributed by atoms with Crippen molar-refractivity contribution in [3.63, 3.8) is 0 Å². The third-order valence-electron chi connectivity index (χ3n) is 6.30. The number of rotatable bonds is 1. The molecule has 4 aromatic rings. The van der Waals surface area contributed by atoms with Gasteiger partial charge >= 0.3 is 0 Å². The van der Waals surface area contributed by atoms with Gasteiger partial charge in [-0.1, -0.05) is 48.7 Å². The van der Waals surface area contributed by atoms with Gasteiger partial charge in [0.15, 0.2) is 0 Å². The van der Waals surface area contributed by atoms with Crippen LogP contribution in [0.25, 0.3) is 21.8 Å². The Morgan fingerprint density at radius 1 is 0.811 bits per heavy atom. The lowest BCUT2D eigenvalue weighted by molar-refractivity contribution is -0.124. The number of hydrogen-bond acceptors (Lipinski definition) is 3. The second-order valence-electron chi connectivity index (χ2n) is 9.37. The van der Waals surface area contributed by atoms with Crippen molar-refractivity contribution in [2.24, 2.45) is 5.41 Å². The van der Waals surface area contributed by atoms with E-state index < -0.39 is 28.7 Å². The molecule has 0 saturated carbocycles. The summed E-state index contributed by atoms with van der Waals surface area (Å²) in [6.45, 7) is 7.56. The number of nitrogens with zero attached hydrogens (tertiary/aromatic N) is 3. The van der Waals surface area contributed by atoms with Crippen molar-refractivity contribution in [3.05, 3.63) is 73.9 Å². The van der Waals surface area contributed by atoms with E-state index >= 15 is 0 Å². The average molecular weight is 573 g/mol. The van der Waals surface area contributed by atoms with Crippen LogP contribution in [0, 0.1) is 42.5 Å². The van der Waals surface area contributed by atoms with Crippen LogP contribution in [0.3, 0.4) is 0 Å². The first-order valence-corrected chi connectivity index (χ1v) is 12.2. The molecule has 1 aliphatic rings. The molecule has 5 rings (SSSR count). The number of carbonyl (C=O) groups excluding carboxylic acids is 1. The van der Waals surface area contributed by atoms with Gasteiger partial charge in [0.05, 0.1) is 31.9 Å². The minimum absolute atomic E-state index is 0.0598. The SMILES string of the molecule is Cc1c(Cl)nc2cc(F)cc(F)c2c1Cl.Cc1c(N2CCC(C)(C)C2=O)nc2cc(F)cc(F)c2c1Cl. The number of aromatic nitrogens is 2. The molecular weight excluding hydrogens is 553 g/mol. The zero-order valence-electron chi connectivity index (χ0n) is 20.1. The summed E-state index contributed by atoms with van der Waals surface area (Å²) in [6.07, 6.45) is 0.695. The maximum atomic E-state index is 14.0. The fraction of sp³-hybridized carbons (Fsp3) is 0.269. The molecule has 0 N–H and O–H groups in total. The zero-order chi connectivity index (χ0) is 27.4. The van der Waals surface area contributed by atoms with Crippen LogP contribution < -0.4 is 4.90 Å². The molecule has 4 nitrogen and oxygen atoms in total. The van der Waals surface area contributed by atoms with Crippen molar-refractivity contribution in [1.29, 1.82) is 0 Å². The third-order valence-corrected chi connectivity index (χ3v) is 7.61. The lowest BCUT2D eigenvalue weighted by atomic mass is 9.92. The summed E-state index contributed by atoms with van der Waals surface area (Å²) in [5, 5.41) is 0.658. The van der Waals surface area contributed by atoms with Gasteiger partial charge < -0.3 is 0 Å². The normalized spacial score (nSPS) is 14.9. The van der Waals surface area contributed by atoms with Gasteiger partial charge in [0, 0.05) is 47.4 Å². The highest BCUT2D eigenvalue weighted by Crippen LogP contribution is 2.39. The summed E-state index contributed by atoms with van der Waals surface area (Å²) in [5.74, 6) is -2.61. The first-order valence-electron chi connectivity index (χ1n) is 11.1. The van der Waals surface area contributed by atoms with Crippen LogP contribution in [0.5, 0.6) is 0 Å². The average Bonchev–Trinajstić information content (AvgIpc) is 3.06. The lowest BCUT2D eigenvalue weighted by Gasteiger charge is -2.21. The van der Waals surface area contributed by atoms with Gasteiger partial charge in [-0.25, -0.2) is 27.5 Å². The molecule has 37 heavy (non-hydrogen) atoms. The number of benzene rings is 2. The zero-order valence-corrected chi connectivity index (χ0v) is 22.4. The quantitative estimate of drug-likeness (QED) is 0.170. The number of carbonyl (C=O) groups is 1. The van der Waals surface area contributed by atoms with Crippen LogP contribution in [0.4, 0.5) is 23.4 Å². The standard InChI is InChI=1S/C16H15ClF2N2O.C10H5Cl2F2N/c1-8-13(17)12-10(19)6-9(18)7-11(12)20-14(8)21-5-4-16(2,3)15(21)22;1-4-9(11)8-6(14)2-5(13)3-7(8)15-10(4)12/h6-7H,4-5H2,1-3H3;2-3H,1H3. The van der Waals surface area contributed by atoms with Gasteiger partial charge in [0.1, 0.15) is 34.2 Å². The third kappa shape index (κ3) is 4.94. The Bertz CT molecular complexity index is 1590. The number of anilines is 1. The monoisotopic (exact) mass is 571 g/mol. The fourth-order valence-corrected chi connectivity index (χ4v) is 4.89. The van der Waals surface area contributed by atoms with Crippen molar-refractivity contribution < 1.29 is 22.4 Å². The number of halogens is 7. The summed E-state index contributed by atoms with van der Waals surface area (Å²) in [5.41, 5.74) is 0.763. The molecule has 0 spiro atoms. The van der Waals surface area contributed by atoms with Crippen LogP contribution >= 0.6 is 34.8 Å². The Balaban J connectivity index is 0.000000186. The molecule has 0 unspecified atom stereocenters. The Labute approximate surface area is 225 Å². The van der Waals surface area contributed by atoms with Gasteiger partial charge in [-0.15, -0.1) is 0 Å². The first-order chi connectivity index (χ1) is 17.2. The molecule has 0 bridgehead atoms. The summed E-state index contributed by atoms with van der Waals surface area (Å²) in [6, 6.07) is 3.76. The Morgan fingerprint density at radius 2 is 1.30 bits per heavy atom. The highest BCUT2D eigenvalue weighted by molar-refractivity contribution is 6.39. The molecule has 3 heterocycles. The fourth-order valence-electron chi connectivity index (χ4n) is 4.11. The maximum absolute atomic E-state index is 14.0. The van der Waals surface area contributed by atoms with Crippen LogP contribution in [0.2, 0.25) is 15.2 Å². The second kappa shape index (κ2) is 9.89. The Hall–Kier alpha value is -2.68. The van der Waals surface area contributed by atoms with Crippen molar-refractivity contribution in [1.82, 2.24) is 9.97 Å². The van der Waals surface area contributed by atoms with Gasteiger partial charge in [-0.05, 0) is 20.3 Å². The maximum Gasteiger partial charge on any atom is 0.233 e. The van der Waals surface area contributed by atoms with Gasteiger partial charge in [0.2, 0.25) is 5.91 Å². The molecular formula is C26H20Cl3F4N3O. The summed E-state index contributed by atoms with van der Waals surface area (Å²) in [7, 11) is 0. The largest absolute Gasteiger partial charge is 0.296 e. The number of pyridine rings is 2.